The van der Waals surface area contributed by atoms with Crippen LogP contribution in [0.5, 0.6) is 0 Å². The van der Waals surface area contributed by atoms with Crippen LogP contribution < -0.4 is 0 Å². The van der Waals surface area contributed by atoms with Crippen molar-refractivity contribution in [3.8, 4) is 0 Å². The number of carbonyl (C=O) groups is 1. The molecule has 20 heavy (non-hydrogen) atoms. The van der Waals surface area contributed by atoms with Crippen LogP contribution in [0.25, 0.3) is 10.9 Å². The van der Waals surface area contributed by atoms with E-state index in [9.17, 15) is 4.79 Å². The molecule has 1 fully saturated rings. The summed E-state index contributed by atoms with van der Waals surface area (Å²) < 4.78 is 0. The maximum absolute atomic E-state index is 12.7. The van der Waals surface area contributed by atoms with Gasteiger partial charge in [0.05, 0.1) is 5.52 Å². The molecule has 1 saturated heterocycles. The first kappa shape index (κ1) is 13.6. The van der Waals surface area contributed by atoms with Crippen LogP contribution in [0.4, 0.5) is 0 Å². The summed E-state index contributed by atoms with van der Waals surface area (Å²) in [6, 6.07) is 9.94. The molecule has 0 radical (unpaired) electrons. The SMILES string of the molecule is CC1CCN(C(=O)c2ccc3ncccc3c2)C1CBr. The number of amides is 1. The zero-order valence-electron chi connectivity index (χ0n) is 11.4. The van der Waals surface area contributed by atoms with Gasteiger partial charge < -0.3 is 4.90 Å². The van der Waals surface area contributed by atoms with Gasteiger partial charge in [0.1, 0.15) is 0 Å². The van der Waals surface area contributed by atoms with E-state index in [1.807, 2.05) is 35.2 Å². The topological polar surface area (TPSA) is 33.2 Å². The summed E-state index contributed by atoms with van der Waals surface area (Å²) in [5.41, 5.74) is 1.68. The van der Waals surface area contributed by atoms with Crippen LogP contribution in [0.3, 0.4) is 0 Å². The van der Waals surface area contributed by atoms with Gasteiger partial charge in [0.2, 0.25) is 0 Å². The number of aromatic nitrogens is 1. The molecule has 1 amide bonds. The maximum Gasteiger partial charge on any atom is 0.254 e. The summed E-state index contributed by atoms with van der Waals surface area (Å²) in [7, 11) is 0. The van der Waals surface area contributed by atoms with E-state index in [4.69, 9.17) is 0 Å². The Hall–Kier alpha value is -1.42. The minimum Gasteiger partial charge on any atom is -0.335 e. The van der Waals surface area contributed by atoms with Crippen LogP contribution in [0.15, 0.2) is 36.5 Å². The number of alkyl halides is 1. The van der Waals surface area contributed by atoms with Gasteiger partial charge in [0.15, 0.2) is 0 Å². The van der Waals surface area contributed by atoms with Crippen molar-refractivity contribution in [3.63, 3.8) is 0 Å². The second kappa shape index (κ2) is 5.52. The first-order valence-corrected chi connectivity index (χ1v) is 8.04. The van der Waals surface area contributed by atoms with E-state index in [2.05, 4.69) is 27.8 Å². The van der Waals surface area contributed by atoms with Gasteiger partial charge in [-0.1, -0.05) is 28.9 Å². The molecule has 0 N–H and O–H groups in total. The molecule has 2 heterocycles. The Bertz CT molecular complexity index is 643. The number of carbonyl (C=O) groups excluding carboxylic acids is 1. The average Bonchev–Trinajstić information content (AvgIpc) is 2.86. The summed E-state index contributed by atoms with van der Waals surface area (Å²) in [4.78, 5) is 19.0. The summed E-state index contributed by atoms with van der Waals surface area (Å²) in [6.07, 6.45) is 2.85. The summed E-state index contributed by atoms with van der Waals surface area (Å²) in [5.74, 6) is 0.685. The van der Waals surface area contributed by atoms with E-state index < -0.39 is 0 Å². The molecule has 1 aromatic heterocycles. The van der Waals surface area contributed by atoms with Crippen LogP contribution in [0.2, 0.25) is 0 Å². The third-order valence-corrected chi connectivity index (χ3v) is 4.81. The first-order chi connectivity index (χ1) is 9.70. The normalized spacial score (nSPS) is 22.4. The van der Waals surface area contributed by atoms with E-state index in [-0.39, 0.29) is 5.91 Å². The predicted octanol–water partition coefficient (Wildman–Crippen LogP) is 3.48. The Morgan fingerprint density at radius 1 is 1.45 bits per heavy atom. The Morgan fingerprint density at radius 2 is 2.30 bits per heavy atom. The van der Waals surface area contributed by atoms with Gasteiger partial charge in [-0.25, -0.2) is 0 Å². The fourth-order valence-electron chi connectivity index (χ4n) is 2.87. The molecule has 0 spiro atoms. The highest BCUT2D eigenvalue weighted by atomic mass is 79.9. The first-order valence-electron chi connectivity index (χ1n) is 6.92. The van der Waals surface area contributed by atoms with Crippen LogP contribution in [-0.2, 0) is 0 Å². The lowest BCUT2D eigenvalue weighted by molar-refractivity contribution is 0.0739. The van der Waals surface area contributed by atoms with Gasteiger partial charge in [-0.2, -0.15) is 0 Å². The van der Waals surface area contributed by atoms with E-state index in [0.717, 1.165) is 34.8 Å². The van der Waals surface area contributed by atoms with Gasteiger partial charge in [-0.05, 0) is 36.6 Å². The van der Waals surface area contributed by atoms with Crippen molar-refractivity contribution in [2.75, 3.05) is 11.9 Å². The standard InChI is InChI=1S/C16H17BrN2O/c1-11-6-8-19(15(11)10-17)16(20)13-4-5-14-12(9-13)3-2-7-18-14/h2-5,7,9,11,15H,6,8,10H2,1H3. The Labute approximate surface area is 127 Å². The monoisotopic (exact) mass is 332 g/mol. The van der Waals surface area contributed by atoms with E-state index >= 15 is 0 Å². The number of pyridine rings is 1. The van der Waals surface area contributed by atoms with Crippen LogP contribution in [-0.4, -0.2) is 33.7 Å². The molecule has 4 heteroatoms. The fraction of sp³-hybridized carbons (Fsp3) is 0.375. The number of fused-ring (bicyclic) bond motifs is 1. The number of rotatable bonds is 2. The molecule has 0 aliphatic carbocycles. The van der Waals surface area contributed by atoms with Crippen LogP contribution in [0, 0.1) is 5.92 Å². The van der Waals surface area contributed by atoms with Crippen molar-refractivity contribution in [2.24, 2.45) is 5.92 Å². The molecule has 0 bridgehead atoms. The van der Waals surface area contributed by atoms with Gasteiger partial charge in [-0.15, -0.1) is 0 Å². The van der Waals surface area contributed by atoms with Crippen molar-refractivity contribution in [3.05, 3.63) is 42.1 Å². The summed E-state index contributed by atoms with van der Waals surface area (Å²) in [6.45, 7) is 3.06. The predicted molar refractivity (Wildman–Crippen MR) is 84.1 cm³/mol. The van der Waals surface area contributed by atoms with Crippen molar-refractivity contribution >= 4 is 32.7 Å². The molecule has 3 rings (SSSR count). The molecule has 3 nitrogen and oxygen atoms in total. The molecular formula is C16H17BrN2O. The summed E-state index contributed by atoms with van der Waals surface area (Å²) in [5, 5.41) is 1.86. The fourth-order valence-corrected chi connectivity index (χ4v) is 3.86. The molecule has 1 aliphatic heterocycles. The van der Waals surface area contributed by atoms with E-state index in [1.165, 1.54) is 0 Å². The molecule has 1 aromatic carbocycles. The molecule has 1 aliphatic rings. The second-order valence-corrected chi connectivity index (χ2v) is 6.04. The number of hydrogen-bond donors (Lipinski definition) is 0. The summed E-state index contributed by atoms with van der Waals surface area (Å²) >= 11 is 3.53. The highest BCUT2D eigenvalue weighted by Gasteiger charge is 2.33. The molecule has 2 atom stereocenters. The zero-order valence-corrected chi connectivity index (χ0v) is 13.0. The zero-order chi connectivity index (χ0) is 14.1. The quantitative estimate of drug-likeness (QED) is 0.789. The number of benzene rings is 1. The lowest BCUT2D eigenvalue weighted by atomic mass is 10.0. The highest BCUT2D eigenvalue weighted by molar-refractivity contribution is 9.09. The number of hydrogen-bond acceptors (Lipinski definition) is 2. The average molecular weight is 333 g/mol. The van der Waals surface area contributed by atoms with Gasteiger partial charge in [0, 0.05) is 35.1 Å². The third-order valence-electron chi connectivity index (χ3n) is 4.15. The van der Waals surface area contributed by atoms with Gasteiger partial charge in [0.25, 0.3) is 5.91 Å². The van der Waals surface area contributed by atoms with Gasteiger partial charge in [-0.3, -0.25) is 9.78 Å². The van der Waals surface area contributed by atoms with Crippen molar-refractivity contribution in [2.45, 2.75) is 19.4 Å². The third kappa shape index (κ3) is 2.33. The van der Waals surface area contributed by atoms with Crippen molar-refractivity contribution < 1.29 is 4.79 Å². The van der Waals surface area contributed by atoms with E-state index in [1.54, 1.807) is 6.20 Å². The smallest absolute Gasteiger partial charge is 0.254 e. The molecule has 2 unspecified atom stereocenters. The lowest BCUT2D eigenvalue weighted by Crippen LogP contribution is -2.38. The van der Waals surface area contributed by atoms with E-state index in [0.29, 0.717) is 12.0 Å². The number of halogens is 1. The van der Waals surface area contributed by atoms with Crippen molar-refractivity contribution in [1.29, 1.82) is 0 Å². The Kier molecular flexibility index (Phi) is 3.74. The Morgan fingerprint density at radius 3 is 3.10 bits per heavy atom. The number of nitrogens with zero attached hydrogens (tertiary/aromatic N) is 2. The lowest BCUT2D eigenvalue weighted by Gasteiger charge is -2.25. The largest absolute Gasteiger partial charge is 0.335 e. The van der Waals surface area contributed by atoms with Crippen LogP contribution >= 0.6 is 15.9 Å². The molecule has 2 aromatic rings. The minimum absolute atomic E-state index is 0.129. The second-order valence-electron chi connectivity index (χ2n) is 5.40. The molecule has 104 valence electrons. The molecule has 0 saturated carbocycles. The Balaban J connectivity index is 1.92. The van der Waals surface area contributed by atoms with Crippen LogP contribution in [0.1, 0.15) is 23.7 Å². The number of likely N-dealkylation sites (tertiary alicyclic amines) is 1. The maximum atomic E-state index is 12.7. The minimum atomic E-state index is 0.129. The highest BCUT2D eigenvalue weighted by Crippen LogP contribution is 2.27. The van der Waals surface area contributed by atoms with Gasteiger partial charge >= 0.3 is 0 Å². The molecular weight excluding hydrogens is 316 g/mol. The van der Waals surface area contributed by atoms with Crippen molar-refractivity contribution in [1.82, 2.24) is 9.88 Å².